The zero-order valence-electron chi connectivity index (χ0n) is 16.8. The lowest BCUT2D eigenvalue weighted by atomic mass is 9.72. The molecule has 0 radical (unpaired) electrons. The van der Waals surface area contributed by atoms with E-state index >= 15 is 0 Å². The van der Waals surface area contributed by atoms with E-state index in [9.17, 15) is 4.79 Å². The first-order valence-corrected chi connectivity index (χ1v) is 11.2. The molecule has 2 heterocycles. The average Bonchev–Trinajstić information content (AvgIpc) is 3.17. The van der Waals surface area contributed by atoms with Gasteiger partial charge in [-0.15, -0.1) is 10.2 Å². The van der Waals surface area contributed by atoms with Crippen molar-refractivity contribution in [3.63, 3.8) is 0 Å². The van der Waals surface area contributed by atoms with E-state index in [1.54, 1.807) is 11.3 Å². The Morgan fingerprint density at radius 3 is 2.43 bits per heavy atom. The number of carbonyl (C=O) groups is 1. The van der Waals surface area contributed by atoms with Crippen molar-refractivity contribution >= 4 is 22.4 Å². The zero-order chi connectivity index (χ0) is 19.6. The number of rotatable bonds is 4. The van der Waals surface area contributed by atoms with Gasteiger partial charge in [-0.05, 0) is 45.1 Å². The molecule has 1 aromatic carbocycles. The normalized spacial score (nSPS) is 20.1. The molecule has 1 saturated carbocycles. The van der Waals surface area contributed by atoms with Crippen molar-refractivity contribution in [3.8, 4) is 0 Å². The smallest absolute Gasteiger partial charge is 0.237 e. The zero-order valence-corrected chi connectivity index (χ0v) is 17.6. The van der Waals surface area contributed by atoms with Crippen LogP contribution in [-0.2, 0) is 14.9 Å². The van der Waals surface area contributed by atoms with Crippen LogP contribution < -0.4 is 5.32 Å². The van der Waals surface area contributed by atoms with Crippen molar-refractivity contribution in [3.05, 3.63) is 39.9 Å². The Kier molecular flexibility index (Phi) is 5.78. The maximum Gasteiger partial charge on any atom is 0.237 e. The van der Waals surface area contributed by atoms with E-state index in [1.165, 1.54) is 43.2 Å². The van der Waals surface area contributed by atoms with E-state index in [4.69, 9.17) is 4.74 Å². The van der Waals surface area contributed by atoms with E-state index in [2.05, 4.69) is 47.6 Å². The molecule has 0 unspecified atom stereocenters. The molecule has 0 bridgehead atoms. The lowest BCUT2D eigenvalue weighted by Gasteiger charge is -2.36. The predicted octanol–water partition coefficient (Wildman–Crippen LogP) is 4.89. The molecule has 150 valence electrons. The Morgan fingerprint density at radius 2 is 1.75 bits per heavy atom. The Hall–Kier alpha value is -1.79. The molecule has 1 saturated heterocycles. The minimum atomic E-state index is -0.564. The van der Waals surface area contributed by atoms with Gasteiger partial charge in [0, 0.05) is 19.1 Å². The van der Waals surface area contributed by atoms with Gasteiger partial charge >= 0.3 is 0 Å². The van der Waals surface area contributed by atoms with Gasteiger partial charge in [0.2, 0.25) is 11.0 Å². The third-order valence-corrected chi connectivity index (χ3v) is 7.17. The molecule has 0 spiro atoms. The molecule has 2 aliphatic rings. The molecule has 1 aliphatic heterocycles. The summed E-state index contributed by atoms with van der Waals surface area (Å²) in [7, 11) is 0. The number of hydrogen-bond donors (Lipinski definition) is 1. The van der Waals surface area contributed by atoms with Crippen molar-refractivity contribution in [2.45, 2.75) is 70.1 Å². The van der Waals surface area contributed by atoms with Crippen LogP contribution in [0.2, 0.25) is 0 Å². The van der Waals surface area contributed by atoms with E-state index in [0.717, 1.165) is 10.6 Å². The number of aromatic nitrogens is 2. The van der Waals surface area contributed by atoms with Gasteiger partial charge in [0.25, 0.3) is 0 Å². The summed E-state index contributed by atoms with van der Waals surface area (Å²) in [5.74, 6) is 0.528. The lowest BCUT2D eigenvalue weighted by molar-refractivity contribution is -0.125. The number of ether oxygens (including phenoxy) is 1. The molecule has 28 heavy (non-hydrogen) atoms. The van der Waals surface area contributed by atoms with E-state index in [0.29, 0.717) is 37.1 Å². The minimum absolute atomic E-state index is 0.0205. The standard InChI is InChI=1S/C22H29N3O2S/c1-15-12-16(2)14-18(13-15)22(8-10-27-11-9-22)20(26)23-21-25-24-19(28-21)17-6-4-3-5-7-17/h12-14,17H,3-11H2,1-2H3,(H,23,25,26). The molecular formula is C22H29N3O2S. The van der Waals surface area contributed by atoms with Crippen molar-refractivity contribution in [1.29, 1.82) is 0 Å². The molecular weight excluding hydrogens is 370 g/mol. The number of carbonyl (C=O) groups excluding carboxylic acids is 1. The van der Waals surface area contributed by atoms with E-state index < -0.39 is 5.41 Å². The Bertz CT molecular complexity index is 816. The van der Waals surface area contributed by atoms with Crippen molar-refractivity contribution < 1.29 is 9.53 Å². The summed E-state index contributed by atoms with van der Waals surface area (Å²) in [5, 5.41) is 13.5. The quantitative estimate of drug-likeness (QED) is 0.795. The van der Waals surface area contributed by atoms with Crippen LogP contribution in [0.25, 0.3) is 0 Å². The van der Waals surface area contributed by atoms with Crippen LogP contribution in [0.3, 0.4) is 0 Å². The van der Waals surface area contributed by atoms with Gasteiger partial charge in [0.15, 0.2) is 0 Å². The van der Waals surface area contributed by atoms with Gasteiger partial charge < -0.3 is 4.74 Å². The van der Waals surface area contributed by atoms with Crippen molar-refractivity contribution in [1.82, 2.24) is 10.2 Å². The number of hydrogen-bond acceptors (Lipinski definition) is 5. The van der Waals surface area contributed by atoms with Gasteiger partial charge in [0.05, 0.1) is 5.41 Å². The highest BCUT2D eigenvalue weighted by atomic mass is 32.1. The molecule has 1 N–H and O–H groups in total. The maximum atomic E-state index is 13.5. The highest BCUT2D eigenvalue weighted by molar-refractivity contribution is 7.15. The summed E-state index contributed by atoms with van der Waals surface area (Å²) in [6.07, 6.45) is 7.60. The fraction of sp³-hybridized carbons (Fsp3) is 0.591. The topological polar surface area (TPSA) is 64.1 Å². The SMILES string of the molecule is Cc1cc(C)cc(C2(C(=O)Nc3nnc(C4CCCCC4)s3)CCOCC2)c1. The average molecular weight is 400 g/mol. The molecule has 2 fully saturated rings. The van der Waals surface area contributed by atoms with Gasteiger partial charge in [-0.1, -0.05) is 59.9 Å². The molecule has 1 aliphatic carbocycles. The summed E-state index contributed by atoms with van der Waals surface area (Å²) < 4.78 is 5.59. The minimum Gasteiger partial charge on any atom is -0.381 e. The number of amides is 1. The van der Waals surface area contributed by atoms with E-state index in [-0.39, 0.29) is 5.91 Å². The first kappa shape index (κ1) is 19.5. The molecule has 6 heteroatoms. The molecule has 1 aromatic heterocycles. The van der Waals surface area contributed by atoms with Crippen molar-refractivity contribution in [2.24, 2.45) is 0 Å². The van der Waals surface area contributed by atoms with Crippen LogP contribution in [0.15, 0.2) is 18.2 Å². The summed E-state index contributed by atoms with van der Waals surface area (Å²) in [6, 6.07) is 6.44. The second-order valence-corrected chi connectivity index (χ2v) is 9.31. The van der Waals surface area contributed by atoms with Crippen LogP contribution in [0.4, 0.5) is 5.13 Å². The number of anilines is 1. The number of nitrogens with one attached hydrogen (secondary N) is 1. The molecule has 0 atom stereocenters. The van der Waals surface area contributed by atoms with Crippen molar-refractivity contribution in [2.75, 3.05) is 18.5 Å². The third-order valence-electron chi connectivity index (χ3n) is 6.17. The van der Waals surface area contributed by atoms with Gasteiger partial charge in [0.1, 0.15) is 5.01 Å². The highest BCUT2D eigenvalue weighted by Crippen LogP contribution is 2.39. The fourth-order valence-electron chi connectivity index (χ4n) is 4.63. The fourth-order valence-corrected chi connectivity index (χ4v) is 5.54. The van der Waals surface area contributed by atoms with Crippen LogP contribution >= 0.6 is 11.3 Å². The highest BCUT2D eigenvalue weighted by Gasteiger charge is 2.42. The summed E-state index contributed by atoms with van der Waals surface area (Å²) in [4.78, 5) is 13.5. The van der Waals surface area contributed by atoms with Crippen LogP contribution in [0.1, 0.15) is 72.6 Å². The molecule has 4 rings (SSSR count). The van der Waals surface area contributed by atoms with Gasteiger partial charge in [-0.2, -0.15) is 0 Å². The summed E-state index contributed by atoms with van der Waals surface area (Å²) >= 11 is 1.55. The second kappa shape index (κ2) is 8.29. The van der Waals surface area contributed by atoms with Gasteiger partial charge in [-0.3, -0.25) is 10.1 Å². The summed E-state index contributed by atoms with van der Waals surface area (Å²) in [6.45, 7) is 5.37. The number of aryl methyl sites for hydroxylation is 2. The second-order valence-electron chi connectivity index (χ2n) is 8.31. The molecule has 5 nitrogen and oxygen atoms in total. The molecule has 2 aromatic rings. The van der Waals surface area contributed by atoms with Crippen LogP contribution in [0, 0.1) is 13.8 Å². The maximum absolute atomic E-state index is 13.5. The van der Waals surface area contributed by atoms with Gasteiger partial charge in [-0.25, -0.2) is 0 Å². The Balaban J connectivity index is 1.57. The lowest BCUT2D eigenvalue weighted by Crippen LogP contribution is -2.45. The first-order chi connectivity index (χ1) is 13.6. The summed E-state index contributed by atoms with van der Waals surface area (Å²) in [5.41, 5.74) is 2.89. The predicted molar refractivity (Wildman–Crippen MR) is 112 cm³/mol. The van der Waals surface area contributed by atoms with E-state index in [1.807, 2.05) is 0 Å². The number of benzene rings is 1. The largest absolute Gasteiger partial charge is 0.381 e. The Labute approximate surface area is 170 Å². The monoisotopic (exact) mass is 399 g/mol. The Morgan fingerprint density at radius 1 is 1.07 bits per heavy atom. The molecule has 1 amide bonds. The number of nitrogens with zero attached hydrogens (tertiary/aromatic N) is 2. The first-order valence-electron chi connectivity index (χ1n) is 10.4. The van der Waals surface area contributed by atoms with Crippen LogP contribution in [-0.4, -0.2) is 29.3 Å². The van der Waals surface area contributed by atoms with Crippen LogP contribution in [0.5, 0.6) is 0 Å². The third kappa shape index (κ3) is 3.98.